The fraction of sp³-hybridized carbons (Fsp3) is 0.250. The Bertz CT molecular complexity index is 450. The SMILES string of the molecule is COc1cccc(Cc2csc(C)n2)c1. The normalized spacial score (nSPS) is 10.3. The molecule has 0 aliphatic carbocycles. The minimum Gasteiger partial charge on any atom is -0.497 e. The van der Waals surface area contributed by atoms with Gasteiger partial charge in [-0.1, -0.05) is 12.1 Å². The Balaban J connectivity index is 2.16. The largest absolute Gasteiger partial charge is 0.497 e. The molecule has 15 heavy (non-hydrogen) atoms. The van der Waals surface area contributed by atoms with Crippen molar-refractivity contribution in [2.45, 2.75) is 13.3 Å². The van der Waals surface area contributed by atoms with Gasteiger partial charge in [0, 0.05) is 11.8 Å². The van der Waals surface area contributed by atoms with Crippen LogP contribution in [0, 0.1) is 6.92 Å². The summed E-state index contributed by atoms with van der Waals surface area (Å²) in [6.07, 6.45) is 0.877. The Morgan fingerprint density at radius 2 is 2.27 bits per heavy atom. The molecule has 0 bridgehead atoms. The second-order valence-electron chi connectivity index (χ2n) is 3.39. The second-order valence-corrected chi connectivity index (χ2v) is 4.45. The number of aromatic nitrogens is 1. The van der Waals surface area contributed by atoms with E-state index >= 15 is 0 Å². The van der Waals surface area contributed by atoms with Gasteiger partial charge in [-0.2, -0.15) is 0 Å². The lowest BCUT2D eigenvalue weighted by atomic mass is 10.1. The number of hydrogen-bond acceptors (Lipinski definition) is 3. The van der Waals surface area contributed by atoms with Gasteiger partial charge in [0.15, 0.2) is 0 Å². The van der Waals surface area contributed by atoms with Crippen LogP contribution in [0.4, 0.5) is 0 Å². The summed E-state index contributed by atoms with van der Waals surface area (Å²) in [6, 6.07) is 8.11. The van der Waals surface area contributed by atoms with Gasteiger partial charge in [0.2, 0.25) is 0 Å². The van der Waals surface area contributed by atoms with Crippen LogP contribution in [0.15, 0.2) is 29.6 Å². The van der Waals surface area contributed by atoms with E-state index in [1.165, 1.54) is 5.56 Å². The number of nitrogens with zero attached hydrogens (tertiary/aromatic N) is 1. The molecule has 2 nitrogen and oxygen atoms in total. The lowest BCUT2D eigenvalue weighted by Gasteiger charge is -2.02. The van der Waals surface area contributed by atoms with Crippen molar-refractivity contribution in [1.29, 1.82) is 0 Å². The topological polar surface area (TPSA) is 22.1 Å². The second kappa shape index (κ2) is 4.45. The highest BCUT2D eigenvalue weighted by Crippen LogP contribution is 2.17. The lowest BCUT2D eigenvalue weighted by Crippen LogP contribution is -1.90. The first-order chi connectivity index (χ1) is 7.28. The molecular weight excluding hydrogens is 206 g/mol. The lowest BCUT2D eigenvalue weighted by molar-refractivity contribution is 0.414. The number of hydrogen-bond donors (Lipinski definition) is 0. The van der Waals surface area contributed by atoms with Crippen LogP contribution < -0.4 is 4.74 Å². The van der Waals surface area contributed by atoms with Crippen LogP contribution in [0.1, 0.15) is 16.3 Å². The average molecular weight is 219 g/mol. The molecule has 0 unspecified atom stereocenters. The predicted molar refractivity (Wildman–Crippen MR) is 62.7 cm³/mol. The summed E-state index contributed by atoms with van der Waals surface area (Å²) in [6.45, 7) is 2.03. The van der Waals surface area contributed by atoms with E-state index in [-0.39, 0.29) is 0 Å². The Morgan fingerprint density at radius 3 is 2.93 bits per heavy atom. The first-order valence-electron chi connectivity index (χ1n) is 4.82. The van der Waals surface area contributed by atoms with Crippen molar-refractivity contribution in [1.82, 2.24) is 4.98 Å². The third-order valence-corrected chi connectivity index (χ3v) is 3.01. The fourth-order valence-electron chi connectivity index (χ4n) is 1.48. The summed E-state index contributed by atoms with van der Waals surface area (Å²) in [7, 11) is 1.69. The molecular formula is C12H13NOS. The average Bonchev–Trinajstić information content (AvgIpc) is 2.64. The number of ether oxygens (including phenoxy) is 1. The standard InChI is InChI=1S/C12H13NOS/c1-9-13-11(8-15-9)6-10-4-3-5-12(7-10)14-2/h3-5,7-8H,6H2,1-2H3. The minimum absolute atomic E-state index is 0.877. The minimum atomic E-state index is 0.877. The van der Waals surface area contributed by atoms with Gasteiger partial charge in [-0.3, -0.25) is 0 Å². The van der Waals surface area contributed by atoms with Crippen LogP contribution in [0.3, 0.4) is 0 Å². The van der Waals surface area contributed by atoms with Gasteiger partial charge in [0.05, 0.1) is 17.8 Å². The number of benzene rings is 1. The van der Waals surface area contributed by atoms with Gasteiger partial charge in [-0.25, -0.2) is 4.98 Å². The number of rotatable bonds is 3. The van der Waals surface area contributed by atoms with Crippen molar-refractivity contribution in [3.63, 3.8) is 0 Å². The first-order valence-corrected chi connectivity index (χ1v) is 5.70. The summed E-state index contributed by atoms with van der Waals surface area (Å²) in [4.78, 5) is 4.44. The zero-order valence-electron chi connectivity index (χ0n) is 8.86. The molecule has 0 amide bonds. The van der Waals surface area contributed by atoms with Gasteiger partial charge in [0.25, 0.3) is 0 Å². The van der Waals surface area contributed by atoms with E-state index in [9.17, 15) is 0 Å². The van der Waals surface area contributed by atoms with E-state index in [2.05, 4.69) is 22.5 Å². The van der Waals surface area contributed by atoms with Gasteiger partial charge in [-0.05, 0) is 24.6 Å². The quantitative estimate of drug-likeness (QED) is 0.791. The molecule has 0 radical (unpaired) electrons. The van der Waals surface area contributed by atoms with Gasteiger partial charge >= 0.3 is 0 Å². The molecule has 78 valence electrons. The maximum Gasteiger partial charge on any atom is 0.119 e. The Morgan fingerprint density at radius 1 is 1.40 bits per heavy atom. The monoisotopic (exact) mass is 219 g/mol. The molecule has 0 aliphatic rings. The molecule has 1 aromatic heterocycles. The van der Waals surface area contributed by atoms with Gasteiger partial charge in [0.1, 0.15) is 5.75 Å². The zero-order chi connectivity index (χ0) is 10.7. The smallest absolute Gasteiger partial charge is 0.119 e. The highest BCUT2D eigenvalue weighted by atomic mass is 32.1. The van der Waals surface area contributed by atoms with E-state index in [4.69, 9.17) is 4.74 Å². The molecule has 0 fully saturated rings. The van der Waals surface area contributed by atoms with Crippen molar-refractivity contribution in [3.05, 3.63) is 45.9 Å². The molecule has 0 spiro atoms. The van der Waals surface area contributed by atoms with Crippen LogP contribution >= 0.6 is 11.3 Å². The third-order valence-electron chi connectivity index (χ3n) is 2.19. The Labute approximate surface area is 93.6 Å². The van der Waals surface area contributed by atoms with Crippen molar-refractivity contribution in [2.75, 3.05) is 7.11 Å². The van der Waals surface area contributed by atoms with Gasteiger partial charge in [-0.15, -0.1) is 11.3 Å². The van der Waals surface area contributed by atoms with Crippen molar-refractivity contribution >= 4 is 11.3 Å². The Kier molecular flexibility index (Phi) is 3.02. The van der Waals surface area contributed by atoms with Crippen LogP contribution in [-0.2, 0) is 6.42 Å². The Hall–Kier alpha value is -1.35. The molecule has 0 saturated carbocycles. The van der Waals surface area contributed by atoms with E-state index in [0.29, 0.717) is 0 Å². The highest BCUT2D eigenvalue weighted by Gasteiger charge is 2.01. The molecule has 0 N–H and O–H groups in total. The molecule has 0 aliphatic heterocycles. The van der Waals surface area contributed by atoms with Crippen molar-refractivity contribution in [2.24, 2.45) is 0 Å². The van der Waals surface area contributed by atoms with Crippen molar-refractivity contribution in [3.8, 4) is 5.75 Å². The summed E-state index contributed by atoms with van der Waals surface area (Å²) in [5, 5.41) is 3.22. The molecule has 1 heterocycles. The van der Waals surface area contributed by atoms with Crippen LogP contribution in [0.5, 0.6) is 5.75 Å². The third kappa shape index (κ3) is 2.57. The maximum atomic E-state index is 5.18. The summed E-state index contributed by atoms with van der Waals surface area (Å²) >= 11 is 1.69. The predicted octanol–water partition coefficient (Wildman–Crippen LogP) is 3.05. The number of thiazole rings is 1. The molecule has 1 aromatic carbocycles. The van der Waals surface area contributed by atoms with Gasteiger partial charge < -0.3 is 4.74 Å². The maximum absolute atomic E-state index is 5.18. The molecule has 2 rings (SSSR count). The van der Waals surface area contributed by atoms with E-state index in [1.54, 1.807) is 18.4 Å². The molecule has 0 saturated heterocycles. The molecule has 0 atom stereocenters. The molecule has 2 aromatic rings. The first kappa shape index (κ1) is 10.2. The van der Waals surface area contributed by atoms with E-state index < -0.39 is 0 Å². The zero-order valence-corrected chi connectivity index (χ0v) is 9.67. The number of methoxy groups -OCH3 is 1. The van der Waals surface area contributed by atoms with Crippen LogP contribution in [0.2, 0.25) is 0 Å². The van der Waals surface area contributed by atoms with Crippen LogP contribution in [0.25, 0.3) is 0 Å². The molecule has 3 heteroatoms. The number of aryl methyl sites for hydroxylation is 1. The summed E-state index contributed by atoms with van der Waals surface area (Å²) < 4.78 is 5.18. The summed E-state index contributed by atoms with van der Waals surface area (Å²) in [5.74, 6) is 0.902. The summed E-state index contributed by atoms with van der Waals surface area (Å²) in [5.41, 5.74) is 2.37. The van der Waals surface area contributed by atoms with Crippen LogP contribution in [-0.4, -0.2) is 12.1 Å². The van der Waals surface area contributed by atoms with E-state index in [1.807, 2.05) is 19.1 Å². The van der Waals surface area contributed by atoms with E-state index in [0.717, 1.165) is 22.9 Å². The van der Waals surface area contributed by atoms with Crippen molar-refractivity contribution < 1.29 is 4.74 Å². The highest BCUT2D eigenvalue weighted by molar-refractivity contribution is 7.09. The fourth-order valence-corrected chi connectivity index (χ4v) is 2.09.